The van der Waals surface area contributed by atoms with E-state index < -0.39 is 11.4 Å². The molecule has 4 nitrogen and oxygen atoms in total. The zero-order chi connectivity index (χ0) is 13.3. The van der Waals surface area contributed by atoms with E-state index in [-0.39, 0.29) is 0 Å². The highest BCUT2D eigenvalue weighted by Crippen LogP contribution is 2.31. The lowest BCUT2D eigenvalue weighted by Crippen LogP contribution is -2.29. The summed E-state index contributed by atoms with van der Waals surface area (Å²) in [5.74, 6) is -0.0637. The summed E-state index contributed by atoms with van der Waals surface area (Å²) in [6.45, 7) is 5.64. The van der Waals surface area contributed by atoms with Gasteiger partial charge in [0.05, 0.1) is 5.69 Å². The van der Waals surface area contributed by atoms with E-state index in [2.05, 4.69) is 17.2 Å². The van der Waals surface area contributed by atoms with Crippen molar-refractivity contribution >= 4 is 22.4 Å². The van der Waals surface area contributed by atoms with Crippen molar-refractivity contribution in [1.29, 1.82) is 0 Å². The van der Waals surface area contributed by atoms with Gasteiger partial charge in [-0.3, -0.25) is 4.79 Å². The number of hydrogen-bond donors (Lipinski definition) is 2. The Hall–Kier alpha value is -1.10. The zero-order valence-corrected chi connectivity index (χ0v) is 11.9. The molecule has 0 bridgehead atoms. The summed E-state index contributed by atoms with van der Waals surface area (Å²) in [7, 11) is 0. The standard InChI is InChI=1S/C13H20N2O2S/c1-8-4-5-9(6-8)14-12-15-10(7-18-12)13(2,3)11(16)17/h7-9H,4-6H2,1-3H3,(H,14,15)(H,16,17). The summed E-state index contributed by atoms with van der Waals surface area (Å²) in [4.78, 5) is 15.6. The number of thiazole rings is 1. The highest BCUT2D eigenvalue weighted by Gasteiger charge is 2.32. The molecule has 0 radical (unpaired) electrons. The van der Waals surface area contributed by atoms with Crippen molar-refractivity contribution in [2.24, 2.45) is 5.92 Å². The summed E-state index contributed by atoms with van der Waals surface area (Å²) in [5.41, 5.74) is -0.284. The maximum absolute atomic E-state index is 11.2. The van der Waals surface area contributed by atoms with Crippen molar-refractivity contribution in [2.75, 3.05) is 5.32 Å². The van der Waals surface area contributed by atoms with Gasteiger partial charge < -0.3 is 10.4 Å². The van der Waals surface area contributed by atoms with E-state index >= 15 is 0 Å². The second-order valence-electron chi connectivity index (χ2n) is 5.73. The van der Waals surface area contributed by atoms with Gasteiger partial charge in [0.15, 0.2) is 5.13 Å². The Morgan fingerprint density at radius 2 is 2.28 bits per heavy atom. The van der Waals surface area contributed by atoms with Crippen molar-refractivity contribution in [3.05, 3.63) is 11.1 Å². The minimum atomic E-state index is -0.917. The molecule has 1 aliphatic carbocycles. The number of carbonyl (C=O) groups is 1. The number of nitrogens with one attached hydrogen (secondary N) is 1. The molecule has 0 saturated heterocycles. The first-order chi connectivity index (χ1) is 8.39. The average Bonchev–Trinajstić information content (AvgIpc) is 2.88. The molecule has 1 fully saturated rings. The van der Waals surface area contributed by atoms with E-state index in [1.807, 2.05) is 5.38 Å². The maximum Gasteiger partial charge on any atom is 0.315 e. The Bertz CT molecular complexity index is 442. The Morgan fingerprint density at radius 1 is 1.56 bits per heavy atom. The highest BCUT2D eigenvalue weighted by molar-refractivity contribution is 7.13. The molecule has 2 N–H and O–H groups in total. The van der Waals surface area contributed by atoms with Gasteiger partial charge in [-0.1, -0.05) is 6.92 Å². The van der Waals surface area contributed by atoms with Crippen molar-refractivity contribution in [3.63, 3.8) is 0 Å². The number of aromatic nitrogens is 1. The lowest BCUT2D eigenvalue weighted by molar-refractivity contribution is -0.142. The van der Waals surface area contributed by atoms with Gasteiger partial charge in [-0.2, -0.15) is 0 Å². The molecule has 100 valence electrons. The quantitative estimate of drug-likeness (QED) is 0.880. The fourth-order valence-corrected chi connectivity index (χ4v) is 3.21. The van der Waals surface area contributed by atoms with Crippen LogP contribution in [0.15, 0.2) is 5.38 Å². The van der Waals surface area contributed by atoms with E-state index in [4.69, 9.17) is 5.11 Å². The van der Waals surface area contributed by atoms with Gasteiger partial charge in [0.2, 0.25) is 0 Å². The number of hydrogen-bond acceptors (Lipinski definition) is 4. The smallest absolute Gasteiger partial charge is 0.315 e. The van der Waals surface area contributed by atoms with Crippen LogP contribution in [-0.2, 0) is 10.2 Å². The lowest BCUT2D eigenvalue weighted by atomic mass is 9.90. The van der Waals surface area contributed by atoms with E-state index in [1.165, 1.54) is 30.6 Å². The molecular formula is C13H20N2O2S. The second kappa shape index (κ2) is 4.88. The summed E-state index contributed by atoms with van der Waals surface area (Å²) >= 11 is 1.50. The van der Waals surface area contributed by atoms with Crippen LogP contribution in [0, 0.1) is 5.92 Å². The fourth-order valence-electron chi connectivity index (χ4n) is 2.25. The Morgan fingerprint density at radius 3 is 2.83 bits per heavy atom. The molecule has 5 heteroatoms. The van der Waals surface area contributed by atoms with Gasteiger partial charge in [0.1, 0.15) is 5.41 Å². The van der Waals surface area contributed by atoms with Crippen molar-refractivity contribution in [2.45, 2.75) is 51.5 Å². The number of anilines is 1. The average molecular weight is 268 g/mol. The van der Waals surface area contributed by atoms with Gasteiger partial charge in [0, 0.05) is 11.4 Å². The molecule has 0 spiro atoms. The number of nitrogens with zero attached hydrogens (tertiary/aromatic N) is 1. The second-order valence-corrected chi connectivity index (χ2v) is 6.59. The van der Waals surface area contributed by atoms with Crippen LogP contribution < -0.4 is 5.32 Å². The molecular weight excluding hydrogens is 248 g/mol. The fraction of sp³-hybridized carbons (Fsp3) is 0.692. The molecule has 1 aliphatic rings. The van der Waals surface area contributed by atoms with Crippen molar-refractivity contribution < 1.29 is 9.90 Å². The Kier molecular flexibility index (Phi) is 3.61. The molecule has 0 aromatic carbocycles. The molecule has 1 aromatic rings. The molecule has 0 aliphatic heterocycles. The molecule has 18 heavy (non-hydrogen) atoms. The third-order valence-electron chi connectivity index (χ3n) is 3.70. The van der Waals surface area contributed by atoms with Gasteiger partial charge in [-0.15, -0.1) is 11.3 Å². The Balaban J connectivity index is 2.04. The number of aliphatic carboxylic acids is 1. The topological polar surface area (TPSA) is 62.2 Å². The molecule has 2 atom stereocenters. The van der Waals surface area contributed by atoms with Gasteiger partial charge in [-0.25, -0.2) is 4.98 Å². The van der Waals surface area contributed by atoms with Crippen molar-refractivity contribution in [1.82, 2.24) is 4.98 Å². The van der Waals surface area contributed by atoms with Gasteiger partial charge in [-0.05, 0) is 39.0 Å². The van der Waals surface area contributed by atoms with Crippen LogP contribution in [0.5, 0.6) is 0 Å². The molecule has 1 saturated carbocycles. The largest absolute Gasteiger partial charge is 0.481 e. The van der Waals surface area contributed by atoms with Crippen LogP contribution in [0.1, 0.15) is 45.7 Å². The minimum Gasteiger partial charge on any atom is -0.481 e. The molecule has 2 unspecified atom stereocenters. The Labute approximate surface area is 111 Å². The van der Waals surface area contributed by atoms with E-state index in [0.717, 1.165) is 11.0 Å². The highest BCUT2D eigenvalue weighted by atomic mass is 32.1. The first-order valence-corrected chi connectivity index (χ1v) is 7.23. The molecule has 2 rings (SSSR count). The zero-order valence-electron chi connectivity index (χ0n) is 11.1. The number of rotatable bonds is 4. The van der Waals surface area contributed by atoms with Crippen LogP contribution in [0.4, 0.5) is 5.13 Å². The maximum atomic E-state index is 11.2. The van der Waals surface area contributed by atoms with E-state index in [1.54, 1.807) is 13.8 Å². The predicted octanol–water partition coefficient (Wildman–Crippen LogP) is 3.11. The SMILES string of the molecule is CC1CCC(Nc2nc(C(C)(C)C(=O)O)cs2)C1. The summed E-state index contributed by atoms with van der Waals surface area (Å²) in [6, 6.07) is 0.493. The first kappa shape index (κ1) is 13.3. The normalized spacial score (nSPS) is 24.2. The summed E-state index contributed by atoms with van der Waals surface area (Å²) in [5, 5.41) is 15.3. The molecule has 0 amide bonds. The van der Waals surface area contributed by atoms with E-state index in [9.17, 15) is 4.79 Å². The summed E-state index contributed by atoms with van der Waals surface area (Å²) in [6.07, 6.45) is 3.62. The molecule has 1 aromatic heterocycles. The van der Waals surface area contributed by atoms with Crippen LogP contribution in [0.25, 0.3) is 0 Å². The van der Waals surface area contributed by atoms with Crippen LogP contribution >= 0.6 is 11.3 Å². The number of carboxylic acid groups (broad SMARTS) is 1. The van der Waals surface area contributed by atoms with Crippen LogP contribution in [0.3, 0.4) is 0 Å². The van der Waals surface area contributed by atoms with Gasteiger partial charge >= 0.3 is 5.97 Å². The lowest BCUT2D eigenvalue weighted by Gasteiger charge is -2.16. The number of carboxylic acids is 1. The van der Waals surface area contributed by atoms with Crippen molar-refractivity contribution in [3.8, 4) is 0 Å². The van der Waals surface area contributed by atoms with Crippen LogP contribution in [-0.4, -0.2) is 22.1 Å². The van der Waals surface area contributed by atoms with Gasteiger partial charge in [0.25, 0.3) is 0 Å². The molecule has 1 heterocycles. The summed E-state index contributed by atoms with van der Waals surface area (Å²) < 4.78 is 0. The van der Waals surface area contributed by atoms with E-state index in [0.29, 0.717) is 11.7 Å². The van der Waals surface area contributed by atoms with Crippen LogP contribution in [0.2, 0.25) is 0 Å². The minimum absolute atomic E-state index is 0.493. The third-order valence-corrected chi connectivity index (χ3v) is 4.48. The predicted molar refractivity (Wildman–Crippen MR) is 73.2 cm³/mol. The first-order valence-electron chi connectivity index (χ1n) is 6.35. The monoisotopic (exact) mass is 268 g/mol. The third kappa shape index (κ3) is 2.66.